The summed E-state index contributed by atoms with van der Waals surface area (Å²) < 4.78 is 108. The molecule has 21 nitrogen and oxygen atoms in total. The van der Waals surface area contributed by atoms with Crippen molar-refractivity contribution in [1.29, 1.82) is 0 Å². The molecule has 0 aliphatic carbocycles. The first-order chi connectivity index (χ1) is 49.9. The summed E-state index contributed by atoms with van der Waals surface area (Å²) in [6.07, 6.45) is 3.63. The van der Waals surface area contributed by atoms with Crippen LogP contribution in [0.25, 0.3) is 0 Å². The Kier molecular flexibility index (Phi) is 49.2. The number of esters is 3. The Labute approximate surface area is 738 Å². The van der Waals surface area contributed by atoms with Crippen LogP contribution >= 0.6 is 0 Å². The van der Waals surface area contributed by atoms with E-state index < -0.39 is 81.8 Å². The van der Waals surface area contributed by atoms with E-state index in [4.69, 9.17) is 70.5 Å². The molecule has 0 spiro atoms. The summed E-state index contributed by atoms with van der Waals surface area (Å²) in [5.74, 6) is -1.29. The van der Waals surface area contributed by atoms with E-state index in [1.807, 2.05) is 174 Å². The van der Waals surface area contributed by atoms with Gasteiger partial charge in [0.05, 0.1) is 92.7 Å². The van der Waals surface area contributed by atoms with Crippen molar-refractivity contribution in [2.45, 2.75) is 270 Å². The fourth-order valence-corrected chi connectivity index (χ4v) is 14.1. The molecule has 5 unspecified atom stereocenters. The zero-order valence-electron chi connectivity index (χ0n) is 65.4. The number of benzene rings is 5. The van der Waals surface area contributed by atoms with Crippen LogP contribution in [-0.4, -0.2) is 141 Å². The summed E-state index contributed by atoms with van der Waals surface area (Å²) >= 11 is 0. The Bertz CT molecular complexity index is 3350. The molecule has 11 atom stereocenters. The Morgan fingerprint density at radius 1 is 0.426 bits per heavy atom. The second-order valence-electron chi connectivity index (χ2n) is 26.4. The number of aliphatic hydroxyl groups excluding tert-OH is 1. The monoisotopic (exact) mass is 2420 g/mol. The molecule has 0 amide bonds. The first kappa shape index (κ1) is 102. The van der Waals surface area contributed by atoms with Gasteiger partial charge >= 0.3 is 11.9 Å². The molecule has 0 bridgehead atoms. The fraction of sp³-hybridized carbons (Fsp3) is 0.549. The second-order valence-corrected chi connectivity index (χ2v) is 28.0. The van der Waals surface area contributed by atoms with Crippen molar-refractivity contribution in [1.82, 2.24) is 0 Å². The molecular formula is C82H114O21SU4-4. The fourth-order valence-electron chi connectivity index (χ4n) is 13.5. The number of carbonyl (C=O) groups is 3. The van der Waals surface area contributed by atoms with Gasteiger partial charge in [-0.25, -0.2) is 6.61 Å². The molecule has 594 valence electrons. The van der Waals surface area contributed by atoms with E-state index in [1.165, 1.54) is 39.5 Å². The zero-order chi connectivity index (χ0) is 75.8. The molecule has 5 aliphatic rings. The number of methoxy groups -OCH3 is 1. The maximum atomic E-state index is 11.6. The summed E-state index contributed by atoms with van der Waals surface area (Å²) in [5, 5.41) is 9.96. The standard InChI is InChI=1S/C19H26O6.C17H23O4.C16H23O5S.2C15H21O3.4U/c1-5-19(6-2)17(22-12-15-10-8-7-9-11-15)16(23-13(3)20)18(25-19)24-14(4)21;1-4-17(5-2)16(15(12-20-17)21-13(3)18)19-11-14-9-7-6-8-10-14;1-4-16(5-2)15(14(12-20-16)21-22(3,17)18)19-11-13-9-7-6-8-10-13;1-3-15(12-16-2)14(9-10-18-15)17-11-13-7-5-4-6-8-13;1-3-15(4-2)14(13(16)11-18-15)17-10-12-8-6-5-7-9-12;;;;/h7-11,16-18H,5-6,12H2,1-4H3;6-10,12,15-16H,4-5,11H2,1-3H3;6-10,12,14-15H,4-5,11H2,1-3H3;4-8,10,14H,3,9,11-12H2,1-2H3;5-9,11,13-14,16H,3-4,10H2,1-2H3;;;;/q;4*-1;;;;/t16?,17-,18?;15?,16-;14?,15-;14-,15+;13?,14-;;;;/m00000..../s1. The first-order valence-electron chi connectivity index (χ1n) is 36.5. The molecule has 26 heteroatoms. The molecule has 5 saturated heterocycles. The minimum Gasteiger partial charge on any atom is -0.544 e. The number of hydrogen-bond donors (Lipinski definition) is 1. The Morgan fingerprint density at radius 2 is 0.750 bits per heavy atom. The number of carbonyl (C=O) groups excluding carboxylic acids is 3. The molecule has 5 aromatic rings. The molecule has 5 heterocycles. The van der Waals surface area contributed by atoms with E-state index >= 15 is 0 Å². The summed E-state index contributed by atoms with van der Waals surface area (Å²) in [7, 11) is -1.88. The molecule has 0 saturated carbocycles. The molecule has 5 aliphatic heterocycles. The van der Waals surface area contributed by atoms with Crippen LogP contribution < -0.4 is 0 Å². The minimum absolute atomic E-state index is 0. The van der Waals surface area contributed by atoms with Crippen molar-refractivity contribution in [3.05, 3.63) is 206 Å². The van der Waals surface area contributed by atoms with Crippen molar-refractivity contribution in [3.8, 4) is 0 Å². The van der Waals surface area contributed by atoms with Crippen LogP contribution in [0.1, 0.15) is 175 Å². The zero-order valence-corrected chi connectivity index (χ0v) is 82.8. The predicted octanol–water partition coefficient (Wildman–Crippen LogP) is 14.5. The van der Waals surface area contributed by atoms with Crippen LogP contribution in [0.5, 0.6) is 0 Å². The van der Waals surface area contributed by atoms with Crippen LogP contribution in [0, 0.1) is 151 Å². The van der Waals surface area contributed by atoms with Crippen LogP contribution in [0.4, 0.5) is 0 Å². The van der Waals surface area contributed by atoms with Crippen LogP contribution in [-0.2, 0) is 128 Å². The van der Waals surface area contributed by atoms with Crippen LogP contribution in [0.2, 0.25) is 0 Å². The maximum Gasteiger partial charge on any atom is 0.305 e. The van der Waals surface area contributed by atoms with Gasteiger partial charge in [-0.1, -0.05) is 214 Å². The molecule has 5 aromatic carbocycles. The van der Waals surface area contributed by atoms with Gasteiger partial charge in [-0.15, -0.1) is 6.42 Å². The third kappa shape index (κ3) is 30.3. The van der Waals surface area contributed by atoms with E-state index in [0.29, 0.717) is 65.3 Å². The van der Waals surface area contributed by atoms with E-state index in [1.54, 1.807) is 13.7 Å². The summed E-state index contributed by atoms with van der Waals surface area (Å²) in [4.78, 5) is 34.2. The molecule has 0 aromatic heterocycles. The van der Waals surface area contributed by atoms with Crippen molar-refractivity contribution < 1.29 is 223 Å². The SMILES string of the molecule is CCC1(CC)OC(OC(C)=O)C(OC(C)=O)[C@@H]1OCc1ccccc1.CCC1(CC)O[CH-]C(O)[C@@H]1OCc1ccccc1.CCC1(CC)O[CH-]C(OC(C)=O)[C@@H]1OCc1ccccc1.CCC1(CC)O[CH-]C(OS(C)(=O)=O)[C@@H]1OCc1ccccc1.CC[C@]1(COC)O[CH-]C[C@@H]1OCc1ccccc1.[U].[U].[U].[U]. The largest absolute Gasteiger partial charge is 0.544 e. The predicted molar refractivity (Wildman–Crippen MR) is 393 cm³/mol. The molecule has 1 N–H and O–H groups in total. The Balaban J connectivity index is 0.000000456. The first-order valence-corrected chi connectivity index (χ1v) is 38.3. The van der Waals surface area contributed by atoms with Gasteiger partial charge in [0, 0.05) is 165 Å². The third-order valence-electron chi connectivity index (χ3n) is 19.8. The third-order valence-corrected chi connectivity index (χ3v) is 20.3. The summed E-state index contributed by atoms with van der Waals surface area (Å²) in [6, 6.07) is 49.6. The van der Waals surface area contributed by atoms with Gasteiger partial charge in [-0.05, 0) is 91.7 Å². The van der Waals surface area contributed by atoms with Gasteiger partial charge in [-0.2, -0.15) is 28.2 Å². The van der Waals surface area contributed by atoms with Gasteiger partial charge < -0.3 is 71.4 Å². The van der Waals surface area contributed by atoms with E-state index in [-0.39, 0.29) is 160 Å². The van der Waals surface area contributed by atoms with Crippen molar-refractivity contribution in [3.63, 3.8) is 0 Å². The van der Waals surface area contributed by atoms with Gasteiger partial charge in [0.25, 0.3) is 16.1 Å². The summed E-state index contributed by atoms with van der Waals surface area (Å²) in [5.41, 5.74) is 3.05. The van der Waals surface area contributed by atoms with Crippen LogP contribution in [0.3, 0.4) is 0 Å². The van der Waals surface area contributed by atoms with Gasteiger partial charge in [0.2, 0.25) is 6.29 Å². The molecule has 10 rings (SSSR count). The number of hydrogen-bond acceptors (Lipinski definition) is 21. The molecular weight excluding hydrogens is 2310 g/mol. The van der Waals surface area contributed by atoms with Crippen LogP contribution in [0.15, 0.2) is 152 Å². The number of aliphatic hydroxyl groups is 1. The minimum atomic E-state index is -3.58. The van der Waals surface area contributed by atoms with Gasteiger partial charge in [0.15, 0.2) is 6.10 Å². The quantitative estimate of drug-likeness (QED) is 0.0188. The van der Waals surface area contributed by atoms with Crippen molar-refractivity contribution in [2.75, 3.05) is 20.0 Å². The number of rotatable bonds is 31. The Hall–Kier alpha value is -1.85. The molecule has 108 heavy (non-hydrogen) atoms. The normalized spacial score (nSPS) is 24.4. The van der Waals surface area contributed by atoms with E-state index in [9.17, 15) is 27.9 Å². The van der Waals surface area contributed by atoms with E-state index in [0.717, 1.165) is 67.0 Å². The maximum absolute atomic E-state index is 11.6. The average Bonchev–Trinajstić information content (AvgIpc) is 1.63. The average molecular weight is 2420 g/mol. The molecule has 0 radical (unpaired) electrons. The molecule has 5 fully saturated rings. The topological polar surface area (TPSA) is 244 Å². The summed E-state index contributed by atoms with van der Waals surface area (Å²) in [6.45, 7) is 31.6. The Morgan fingerprint density at radius 3 is 1.10 bits per heavy atom. The van der Waals surface area contributed by atoms with Gasteiger partial charge in [-0.3, -0.25) is 18.6 Å². The van der Waals surface area contributed by atoms with Crippen molar-refractivity contribution >= 4 is 28.0 Å². The van der Waals surface area contributed by atoms with Crippen molar-refractivity contribution in [2.24, 2.45) is 0 Å². The van der Waals surface area contributed by atoms with E-state index in [2.05, 4.69) is 46.8 Å². The smallest absolute Gasteiger partial charge is 0.305 e. The number of ether oxygens (including phenoxy) is 14. The van der Waals surface area contributed by atoms with Gasteiger partial charge in [0.1, 0.15) is 11.7 Å². The second kappa shape index (κ2) is 52.0.